The molecular weight excluding hydrogens is 248 g/mol. The van der Waals surface area contributed by atoms with Gasteiger partial charge in [-0.25, -0.2) is 0 Å². The number of halogens is 1. The molecule has 1 atom stereocenters. The molecule has 0 aliphatic heterocycles. The first-order valence-corrected chi connectivity index (χ1v) is 6.58. The zero-order chi connectivity index (χ0) is 13.2. The fraction of sp³-hybridized carbons (Fsp3) is 0.500. The van der Waals surface area contributed by atoms with Gasteiger partial charge < -0.3 is 5.11 Å². The van der Waals surface area contributed by atoms with Crippen LogP contribution < -0.4 is 0 Å². The highest BCUT2D eigenvalue weighted by Gasteiger charge is 2.11. The summed E-state index contributed by atoms with van der Waals surface area (Å²) in [4.78, 5) is 2.12. The van der Waals surface area contributed by atoms with Gasteiger partial charge >= 0.3 is 0 Å². The van der Waals surface area contributed by atoms with Crippen LogP contribution in [0.1, 0.15) is 18.4 Å². The first-order valence-electron chi connectivity index (χ1n) is 6.14. The van der Waals surface area contributed by atoms with Crippen LogP contribution in [0.2, 0.25) is 0 Å². The summed E-state index contributed by atoms with van der Waals surface area (Å²) in [5.74, 6) is 0. The van der Waals surface area contributed by atoms with Crippen LogP contribution in [0.15, 0.2) is 30.3 Å². The summed E-state index contributed by atoms with van der Waals surface area (Å²) in [6.45, 7) is 2.19. The Morgan fingerprint density at radius 1 is 1.33 bits per heavy atom. The molecule has 0 radical (unpaired) electrons. The van der Waals surface area contributed by atoms with Crippen molar-refractivity contribution in [3.63, 3.8) is 0 Å². The molecule has 0 bridgehead atoms. The quantitative estimate of drug-likeness (QED) is 0.735. The van der Waals surface area contributed by atoms with Gasteiger partial charge in [0.25, 0.3) is 0 Å². The third kappa shape index (κ3) is 6.02. The van der Waals surface area contributed by atoms with E-state index >= 15 is 0 Å². The van der Waals surface area contributed by atoms with E-state index in [4.69, 9.17) is 22.0 Å². The summed E-state index contributed by atoms with van der Waals surface area (Å²) in [6.07, 6.45) is 1.17. The number of hydrogen-bond acceptors (Lipinski definition) is 3. The highest BCUT2D eigenvalue weighted by atomic mass is 35.5. The monoisotopic (exact) mass is 266 g/mol. The molecule has 98 valence electrons. The highest BCUT2D eigenvalue weighted by Crippen LogP contribution is 2.10. The standard InChI is InChI=1S/C14H19ClN2O/c15-14(7-4-8-16)12-17(9-10-18)11-13-5-2-1-3-6-13/h1-3,5-6,14,18H,4,7,9-12H2. The summed E-state index contributed by atoms with van der Waals surface area (Å²) >= 11 is 6.18. The summed E-state index contributed by atoms with van der Waals surface area (Å²) < 4.78 is 0. The largest absolute Gasteiger partial charge is 0.395 e. The number of nitriles is 1. The Morgan fingerprint density at radius 3 is 2.67 bits per heavy atom. The zero-order valence-corrected chi connectivity index (χ0v) is 11.2. The van der Waals surface area contributed by atoms with Crippen LogP contribution >= 0.6 is 11.6 Å². The van der Waals surface area contributed by atoms with E-state index in [1.165, 1.54) is 5.56 Å². The molecule has 1 unspecified atom stereocenters. The number of aliphatic hydroxyl groups is 1. The average Bonchev–Trinajstić information content (AvgIpc) is 2.38. The number of aliphatic hydroxyl groups excluding tert-OH is 1. The fourth-order valence-corrected chi connectivity index (χ4v) is 2.11. The van der Waals surface area contributed by atoms with Crippen LogP contribution in [0.4, 0.5) is 0 Å². The predicted molar refractivity (Wildman–Crippen MR) is 73.3 cm³/mol. The second-order valence-electron chi connectivity index (χ2n) is 4.24. The third-order valence-electron chi connectivity index (χ3n) is 2.69. The molecule has 4 heteroatoms. The number of nitrogens with zero attached hydrogens (tertiary/aromatic N) is 2. The number of benzene rings is 1. The lowest BCUT2D eigenvalue weighted by Gasteiger charge is -2.23. The first-order chi connectivity index (χ1) is 8.76. The Hall–Kier alpha value is -1.08. The van der Waals surface area contributed by atoms with Gasteiger partial charge in [0.2, 0.25) is 0 Å². The third-order valence-corrected chi connectivity index (χ3v) is 3.05. The maximum absolute atomic E-state index is 9.07. The molecular formula is C14H19ClN2O. The second-order valence-corrected chi connectivity index (χ2v) is 4.86. The van der Waals surface area contributed by atoms with Crippen molar-refractivity contribution < 1.29 is 5.11 Å². The van der Waals surface area contributed by atoms with Crippen molar-refractivity contribution in [3.05, 3.63) is 35.9 Å². The van der Waals surface area contributed by atoms with Crippen molar-refractivity contribution in [1.82, 2.24) is 4.90 Å². The minimum Gasteiger partial charge on any atom is -0.395 e. The topological polar surface area (TPSA) is 47.3 Å². The summed E-state index contributed by atoms with van der Waals surface area (Å²) in [5.41, 5.74) is 1.20. The minimum atomic E-state index is -0.0417. The van der Waals surface area contributed by atoms with E-state index in [9.17, 15) is 0 Å². The van der Waals surface area contributed by atoms with Crippen molar-refractivity contribution in [2.24, 2.45) is 0 Å². The van der Waals surface area contributed by atoms with E-state index < -0.39 is 0 Å². The summed E-state index contributed by atoms with van der Waals surface area (Å²) in [6, 6.07) is 12.2. The van der Waals surface area contributed by atoms with E-state index in [1.54, 1.807) is 0 Å². The molecule has 18 heavy (non-hydrogen) atoms. The van der Waals surface area contributed by atoms with Crippen LogP contribution in [-0.4, -0.2) is 35.1 Å². The lowest BCUT2D eigenvalue weighted by molar-refractivity contribution is 0.189. The molecule has 1 aromatic rings. The minimum absolute atomic E-state index is 0.0417. The molecule has 0 aliphatic rings. The van der Waals surface area contributed by atoms with Gasteiger partial charge in [-0.3, -0.25) is 4.90 Å². The van der Waals surface area contributed by atoms with Gasteiger partial charge in [-0.05, 0) is 12.0 Å². The smallest absolute Gasteiger partial charge is 0.0622 e. The first kappa shape index (κ1) is 15.0. The fourth-order valence-electron chi connectivity index (χ4n) is 1.81. The van der Waals surface area contributed by atoms with E-state index in [0.717, 1.165) is 6.54 Å². The van der Waals surface area contributed by atoms with Crippen LogP contribution in [0.25, 0.3) is 0 Å². The van der Waals surface area contributed by atoms with Gasteiger partial charge in [0.1, 0.15) is 0 Å². The van der Waals surface area contributed by atoms with Gasteiger partial charge in [0.15, 0.2) is 0 Å². The van der Waals surface area contributed by atoms with E-state index in [-0.39, 0.29) is 12.0 Å². The molecule has 0 heterocycles. The van der Waals surface area contributed by atoms with Crippen molar-refractivity contribution >= 4 is 11.6 Å². The van der Waals surface area contributed by atoms with Crippen LogP contribution in [0, 0.1) is 11.3 Å². The second kappa shape index (κ2) is 8.93. The number of rotatable bonds is 8. The molecule has 1 N–H and O–H groups in total. The molecule has 0 aliphatic carbocycles. The predicted octanol–water partition coefficient (Wildman–Crippen LogP) is 2.39. The lowest BCUT2D eigenvalue weighted by Crippen LogP contribution is -2.32. The van der Waals surface area contributed by atoms with Crippen LogP contribution in [-0.2, 0) is 6.54 Å². The molecule has 1 aromatic carbocycles. The number of alkyl halides is 1. The van der Waals surface area contributed by atoms with Gasteiger partial charge in [0, 0.05) is 31.4 Å². The molecule has 0 amide bonds. The molecule has 1 rings (SSSR count). The van der Waals surface area contributed by atoms with Crippen molar-refractivity contribution in [2.45, 2.75) is 24.8 Å². The van der Waals surface area contributed by atoms with Gasteiger partial charge in [-0.15, -0.1) is 11.6 Å². The maximum atomic E-state index is 9.07. The Morgan fingerprint density at radius 2 is 2.06 bits per heavy atom. The van der Waals surface area contributed by atoms with Crippen molar-refractivity contribution in [2.75, 3.05) is 19.7 Å². The molecule has 0 spiro atoms. The van der Waals surface area contributed by atoms with E-state index in [2.05, 4.69) is 23.1 Å². The SMILES string of the molecule is N#CCCC(Cl)CN(CCO)Cc1ccccc1. The van der Waals surface area contributed by atoms with Gasteiger partial charge in [0.05, 0.1) is 12.7 Å². The lowest BCUT2D eigenvalue weighted by atomic mass is 10.2. The van der Waals surface area contributed by atoms with Gasteiger partial charge in [-0.1, -0.05) is 30.3 Å². The Labute approximate surface area is 114 Å². The molecule has 0 saturated heterocycles. The molecule has 0 aromatic heterocycles. The Kier molecular flexibility index (Phi) is 7.43. The maximum Gasteiger partial charge on any atom is 0.0622 e. The van der Waals surface area contributed by atoms with E-state index in [1.807, 2.05) is 18.2 Å². The highest BCUT2D eigenvalue weighted by molar-refractivity contribution is 6.20. The van der Waals surface area contributed by atoms with Crippen LogP contribution in [0.3, 0.4) is 0 Å². The Balaban J connectivity index is 2.47. The molecule has 0 fully saturated rings. The summed E-state index contributed by atoms with van der Waals surface area (Å²) in [7, 11) is 0. The summed E-state index contributed by atoms with van der Waals surface area (Å²) in [5, 5.41) is 17.6. The van der Waals surface area contributed by atoms with Crippen LogP contribution in [0.5, 0.6) is 0 Å². The van der Waals surface area contributed by atoms with Crippen molar-refractivity contribution in [1.29, 1.82) is 5.26 Å². The zero-order valence-electron chi connectivity index (χ0n) is 10.4. The number of hydrogen-bond donors (Lipinski definition) is 1. The van der Waals surface area contributed by atoms with Gasteiger partial charge in [-0.2, -0.15) is 5.26 Å². The van der Waals surface area contributed by atoms with E-state index in [0.29, 0.717) is 25.9 Å². The van der Waals surface area contributed by atoms with Crippen molar-refractivity contribution in [3.8, 4) is 6.07 Å². The molecule has 3 nitrogen and oxygen atoms in total. The Bertz CT molecular complexity index is 364. The average molecular weight is 267 g/mol. The normalized spacial score (nSPS) is 12.3. The molecule has 0 saturated carbocycles.